The van der Waals surface area contributed by atoms with Crippen molar-refractivity contribution in [3.63, 3.8) is 0 Å². The highest BCUT2D eigenvalue weighted by molar-refractivity contribution is 5.03. The zero-order chi connectivity index (χ0) is 9.40. The summed E-state index contributed by atoms with van der Waals surface area (Å²) in [4.78, 5) is 0. The lowest BCUT2D eigenvalue weighted by molar-refractivity contribution is 0.942. The largest absolute Gasteiger partial charge is 0.327 e. The van der Waals surface area contributed by atoms with Crippen LogP contribution in [-0.4, -0.2) is 6.54 Å². The number of hydrogen-bond acceptors (Lipinski definition) is 1. The normalized spacial score (nSPS) is 13.7. The van der Waals surface area contributed by atoms with E-state index >= 15 is 0 Å². The summed E-state index contributed by atoms with van der Waals surface area (Å²) in [6, 6.07) is 0. The summed E-state index contributed by atoms with van der Waals surface area (Å²) < 4.78 is 0. The Hall–Kier alpha value is -0.560. The number of nitrogens with two attached hydrogens (primary N) is 1. The Labute approximate surface area is 76.3 Å². The molecule has 0 radical (unpaired) electrons. The highest BCUT2D eigenvalue weighted by Gasteiger charge is 1.88. The highest BCUT2D eigenvalue weighted by atomic mass is 14.5. The van der Waals surface area contributed by atoms with Crippen molar-refractivity contribution in [1.29, 1.82) is 0 Å². The van der Waals surface area contributed by atoms with E-state index in [4.69, 9.17) is 5.73 Å². The topological polar surface area (TPSA) is 26.0 Å². The summed E-state index contributed by atoms with van der Waals surface area (Å²) in [5.41, 5.74) is 8.28. The first kappa shape index (κ1) is 11.4. The van der Waals surface area contributed by atoms with E-state index in [9.17, 15) is 0 Å². The first-order valence-electron chi connectivity index (χ1n) is 4.72. The average molecular weight is 167 g/mol. The zero-order valence-electron chi connectivity index (χ0n) is 8.56. The fourth-order valence-corrected chi connectivity index (χ4v) is 0.994. The van der Waals surface area contributed by atoms with Crippen LogP contribution in [0.25, 0.3) is 0 Å². The molecular formula is C11H21N. The molecule has 0 aromatic carbocycles. The van der Waals surface area contributed by atoms with Crippen molar-refractivity contribution < 1.29 is 0 Å². The third-order valence-electron chi connectivity index (χ3n) is 2.06. The molecule has 0 aromatic rings. The van der Waals surface area contributed by atoms with Crippen LogP contribution >= 0.6 is 0 Å². The Morgan fingerprint density at radius 3 is 2.33 bits per heavy atom. The van der Waals surface area contributed by atoms with Gasteiger partial charge in [-0.05, 0) is 33.1 Å². The smallest absolute Gasteiger partial charge is 0.0109 e. The molecule has 2 N–H and O–H groups in total. The number of allylic oxidation sites excluding steroid dienone is 3. The molecule has 0 aliphatic rings. The van der Waals surface area contributed by atoms with E-state index in [-0.39, 0.29) is 0 Å². The molecule has 0 rings (SSSR count). The van der Waals surface area contributed by atoms with Gasteiger partial charge in [-0.3, -0.25) is 0 Å². The van der Waals surface area contributed by atoms with E-state index in [0.29, 0.717) is 6.54 Å². The van der Waals surface area contributed by atoms with Crippen molar-refractivity contribution in [2.45, 2.75) is 40.0 Å². The minimum Gasteiger partial charge on any atom is -0.327 e. The van der Waals surface area contributed by atoms with Crippen molar-refractivity contribution in [3.05, 3.63) is 23.3 Å². The van der Waals surface area contributed by atoms with Crippen LogP contribution in [0.5, 0.6) is 0 Å². The second kappa shape index (κ2) is 7.11. The highest BCUT2D eigenvalue weighted by Crippen LogP contribution is 2.07. The first-order chi connectivity index (χ1) is 5.70. The van der Waals surface area contributed by atoms with Crippen LogP contribution in [0.15, 0.2) is 23.3 Å². The summed E-state index contributed by atoms with van der Waals surface area (Å²) >= 11 is 0. The summed E-state index contributed by atoms with van der Waals surface area (Å²) in [5, 5.41) is 0. The second-order valence-electron chi connectivity index (χ2n) is 3.23. The van der Waals surface area contributed by atoms with Gasteiger partial charge in [-0.1, -0.05) is 30.2 Å². The maximum atomic E-state index is 5.40. The Morgan fingerprint density at radius 1 is 1.17 bits per heavy atom. The lowest BCUT2D eigenvalue weighted by Gasteiger charge is -1.98. The van der Waals surface area contributed by atoms with Gasteiger partial charge in [0.05, 0.1) is 0 Å². The Morgan fingerprint density at radius 2 is 1.83 bits per heavy atom. The van der Waals surface area contributed by atoms with Crippen LogP contribution in [0, 0.1) is 0 Å². The van der Waals surface area contributed by atoms with Crippen LogP contribution in [-0.2, 0) is 0 Å². The predicted molar refractivity (Wildman–Crippen MR) is 56.1 cm³/mol. The molecule has 70 valence electrons. The number of rotatable bonds is 5. The van der Waals surface area contributed by atoms with Gasteiger partial charge in [-0.15, -0.1) is 0 Å². The van der Waals surface area contributed by atoms with E-state index < -0.39 is 0 Å². The molecule has 1 heteroatoms. The molecule has 0 fully saturated rings. The predicted octanol–water partition coefficient (Wildman–Crippen LogP) is 3.03. The fourth-order valence-electron chi connectivity index (χ4n) is 0.994. The van der Waals surface area contributed by atoms with E-state index in [1.807, 2.05) is 0 Å². The quantitative estimate of drug-likeness (QED) is 0.626. The molecule has 0 unspecified atom stereocenters. The van der Waals surface area contributed by atoms with E-state index in [1.54, 1.807) is 0 Å². The first-order valence-corrected chi connectivity index (χ1v) is 4.72. The molecule has 0 spiro atoms. The van der Waals surface area contributed by atoms with E-state index in [2.05, 4.69) is 32.9 Å². The Kier molecular flexibility index (Phi) is 6.78. The van der Waals surface area contributed by atoms with Crippen LogP contribution in [0.1, 0.15) is 40.0 Å². The summed E-state index contributed by atoms with van der Waals surface area (Å²) in [5.74, 6) is 0. The second-order valence-corrected chi connectivity index (χ2v) is 3.23. The van der Waals surface area contributed by atoms with Crippen LogP contribution < -0.4 is 5.73 Å². The van der Waals surface area contributed by atoms with Crippen molar-refractivity contribution in [2.75, 3.05) is 6.54 Å². The monoisotopic (exact) mass is 167 g/mol. The third-order valence-corrected chi connectivity index (χ3v) is 2.06. The summed E-state index contributed by atoms with van der Waals surface area (Å²) in [6.07, 6.45) is 7.87. The zero-order valence-corrected chi connectivity index (χ0v) is 8.56. The molecule has 0 saturated heterocycles. The van der Waals surface area contributed by atoms with E-state index in [1.165, 1.54) is 17.6 Å². The molecule has 0 heterocycles. The minimum atomic E-state index is 0.669. The van der Waals surface area contributed by atoms with Gasteiger partial charge in [0.1, 0.15) is 0 Å². The molecule has 0 amide bonds. The standard InChI is InChI=1S/C11H21N/c1-4-10(2)6-5-7-11(3)8-9-12/h6,8H,4-5,7,9,12H2,1-3H3/b10-6+,11-8+. The van der Waals surface area contributed by atoms with Crippen molar-refractivity contribution in [3.8, 4) is 0 Å². The van der Waals surface area contributed by atoms with Crippen LogP contribution in [0.4, 0.5) is 0 Å². The maximum absolute atomic E-state index is 5.40. The van der Waals surface area contributed by atoms with Crippen LogP contribution in [0.2, 0.25) is 0 Å². The van der Waals surface area contributed by atoms with Crippen molar-refractivity contribution in [1.82, 2.24) is 0 Å². The number of hydrogen-bond donors (Lipinski definition) is 1. The average Bonchev–Trinajstić information content (AvgIpc) is 2.04. The summed E-state index contributed by atoms with van der Waals surface area (Å²) in [7, 11) is 0. The van der Waals surface area contributed by atoms with Gasteiger partial charge < -0.3 is 5.73 Å². The van der Waals surface area contributed by atoms with Crippen LogP contribution in [0.3, 0.4) is 0 Å². The molecule has 12 heavy (non-hydrogen) atoms. The molecule has 0 saturated carbocycles. The van der Waals surface area contributed by atoms with Gasteiger partial charge in [0.15, 0.2) is 0 Å². The molecular weight excluding hydrogens is 146 g/mol. The molecule has 0 aliphatic heterocycles. The van der Waals surface area contributed by atoms with E-state index in [0.717, 1.165) is 12.8 Å². The lowest BCUT2D eigenvalue weighted by Crippen LogP contribution is -1.94. The van der Waals surface area contributed by atoms with Gasteiger partial charge in [0, 0.05) is 6.54 Å². The van der Waals surface area contributed by atoms with Gasteiger partial charge >= 0.3 is 0 Å². The SMILES string of the molecule is CC/C(C)=C/CC/C(C)=C/CN. The Bertz CT molecular complexity index is 166. The molecule has 0 bridgehead atoms. The van der Waals surface area contributed by atoms with Crippen molar-refractivity contribution in [2.24, 2.45) is 5.73 Å². The third kappa shape index (κ3) is 6.17. The molecule has 0 aromatic heterocycles. The van der Waals surface area contributed by atoms with Gasteiger partial charge in [0.25, 0.3) is 0 Å². The molecule has 0 atom stereocenters. The van der Waals surface area contributed by atoms with Crippen molar-refractivity contribution >= 4 is 0 Å². The summed E-state index contributed by atoms with van der Waals surface area (Å²) in [6.45, 7) is 7.18. The van der Waals surface area contributed by atoms with Gasteiger partial charge in [0.2, 0.25) is 0 Å². The fraction of sp³-hybridized carbons (Fsp3) is 0.636. The molecule has 1 nitrogen and oxygen atoms in total. The maximum Gasteiger partial charge on any atom is 0.0109 e. The van der Waals surface area contributed by atoms with Gasteiger partial charge in [-0.25, -0.2) is 0 Å². The minimum absolute atomic E-state index is 0.669. The Balaban J connectivity index is 3.62. The molecule has 0 aliphatic carbocycles. The van der Waals surface area contributed by atoms with Gasteiger partial charge in [-0.2, -0.15) is 0 Å². The lowest BCUT2D eigenvalue weighted by atomic mass is 10.1.